The quantitative estimate of drug-likeness (QED) is 0.404. The summed E-state index contributed by atoms with van der Waals surface area (Å²) in [4.78, 5) is 10.2. The molecule has 0 aliphatic rings. The molecule has 0 bridgehead atoms. The fourth-order valence-electron chi connectivity index (χ4n) is 1.11. The van der Waals surface area contributed by atoms with Crippen LogP contribution in [-0.2, 0) is 6.42 Å². The molecule has 0 fully saturated rings. The van der Waals surface area contributed by atoms with Crippen LogP contribution in [0, 0.1) is 10.1 Å². The van der Waals surface area contributed by atoms with E-state index < -0.39 is 0 Å². The topological polar surface area (TPSA) is 43.1 Å². The van der Waals surface area contributed by atoms with Gasteiger partial charge in [0.2, 0.25) is 0 Å². The van der Waals surface area contributed by atoms with Gasteiger partial charge >= 0.3 is 0 Å². The Morgan fingerprint density at radius 3 is 2.77 bits per heavy atom. The molecule has 0 radical (unpaired) electrons. The lowest BCUT2D eigenvalue weighted by atomic mass is 10.1. The molecule has 3 nitrogen and oxygen atoms in total. The minimum Gasteiger partial charge on any atom is -0.258 e. The number of hydrogen-bond acceptors (Lipinski definition) is 2. The number of rotatable bonds is 3. The highest BCUT2D eigenvalue weighted by Gasteiger charge is 2.09. The average Bonchev–Trinajstić information content (AvgIpc) is 2.15. The van der Waals surface area contributed by atoms with Crippen molar-refractivity contribution in [1.82, 2.24) is 0 Å². The number of nitro benzene ring substituents is 1. The normalized spacial score (nSPS) is 10.5. The molecule has 1 aromatic rings. The standard InChI is InChI=1S/C10H11NO2/c1-2-3-6-9-7-4-5-8-10(9)11(12)13/h2-5,7-8H,6H2,1H3. The Bertz CT molecular complexity index is 331. The highest BCUT2D eigenvalue weighted by Crippen LogP contribution is 2.18. The molecule has 0 saturated carbocycles. The van der Waals surface area contributed by atoms with Gasteiger partial charge in [-0.15, -0.1) is 0 Å². The number of nitro groups is 1. The summed E-state index contributed by atoms with van der Waals surface area (Å²) < 4.78 is 0. The van der Waals surface area contributed by atoms with Gasteiger partial charge in [-0.25, -0.2) is 0 Å². The van der Waals surface area contributed by atoms with Gasteiger partial charge < -0.3 is 0 Å². The molecular weight excluding hydrogens is 166 g/mol. The van der Waals surface area contributed by atoms with E-state index in [0.29, 0.717) is 6.42 Å². The highest BCUT2D eigenvalue weighted by atomic mass is 16.6. The maximum atomic E-state index is 10.6. The predicted octanol–water partition coefficient (Wildman–Crippen LogP) is 2.71. The molecule has 0 atom stereocenters. The lowest BCUT2D eigenvalue weighted by molar-refractivity contribution is -0.385. The van der Waals surface area contributed by atoms with Crippen LogP contribution in [0.1, 0.15) is 12.5 Å². The van der Waals surface area contributed by atoms with Crippen LogP contribution in [0.2, 0.25) is 0 Å². The molecule has 3 heteroatoms. The van der Waals surface area contributed by atoms with Gasteiger partial charge in [0.1, 0.15) is 0 Å². The summed E-state index contributed by atoms with van der Waals surface area (Å²) >= 11 is 0. The molecular formula is C10H11NO2. The molecule has 0 saturated heterocycles. The van der Waals surface area contributed by atoms with E-state index in [9.17, 15) is 10.1 Å². The summed E-state index contributed by atoms with van der Waals surface area (Å²) in [6, 6.07) is 6.79. The number of para-hydroxylation sites is 1. The minimum atomic E-state index is -0.348. The number of hydrogen-bond donors (Lipinski definition) is 0. The van der Waals surface area contributed by atoms with Crippen molar-refractivity contribution in [2.24, 2.45) is 0 Å². The molecule has 68 valence electrons. The van der Waals surface area contributed by atoms with E-state index >= 15 is 0 Å². The summed E-state index contributed by atoms with van der Waals surface area (Å²) in [5.74, 6) is 0. The largest absolute Gasteiger partial charge is 0.272 e. The van der Waals surface area contributed by atoms with Crippen molar-refractivity contribution in [3.8, 4) is 0 Å². The predicted molar refractivity (Wildman–Crippen MR) is 51.6 cm³/mol. The van der Waals surface area contributed by atoms with Crippen molar-refractivity contribution >= 4 is 5.69 Å². The van der Waals surface area contributed by atoms with Gasteiger partial charge in [-0.3, -0.25) is 10.1 Å². The van der Waals surface area contributed by atoms with Crippen molar-refractivity contribution in [1.29, 1.82) is 0 Å². The minimum absolute atomic E-state index is 0.195. The summed E-state index contributed by atoms with van der Waals surface area (Å²) in [5, 5.41) is 10.6. The average molecular weight is 177 g/mol. The Hall–Kier alpha value is -1.64. The Labute approximate surface area is 76.9 Å². The van der Waals surface area contributed by atoms with Gasteiger partial charge in [-0.2, -0.15) is 0 Å². The third kappa shape index (κ3) is 2.40. The van der Waals surface area contributed by atoms with Crippen molar-refractivity contribution in [2.45, 2.75) is 13.3 Å². The first-order valence-electron chi connectivity index (χ1n) is 4.09. The van der Waals surface area contributed by atoms with Crippen LogP contribution in [0.5, 0.6) is 0 Å². The van der Waals surface area contributed by atoms with Crippen molar-refractivity contribution in [3.63, 3.8) is 0 Å². The fraction of sp³-hybridized carbons (Fsp3) is 0.200. The summed E-state index contributed by atoms with van der Waals surface area (Å²) in [6.45, 7) is 1.90. The van der Waals surface area contributed by atoms with E-state index in [2.05, 4.69) is 0 Å². The van der Waals surface area contributed by atoms with E-state index in [0.717, 1.165) is 5.56 Å². The molecule has 0 N–H and O–H groups in total. The third-order valence-corrected chi connectivity index (χ3v) is 1.76. The van der Waals surface area contributed by atoms with Crippen molar-refractivity contribution in [2.75, 3.05) is 0 Å². The van der Waals surface area contributed by atoms with E-state index in [1.165, 1.54) is 6.07 Å². The summed E-state index contributed by atoms with van der Waals surface area (Å²) in [5.41, 5.74) is 0.950. The van der Waals surface area contributed by atoms with Gasteiger partial charge in [0.05, 0.1) is 4.92 Å². The van der Waals surface area contributed by atoms with Gasteiger partial charge in [-0.05, 0) is 13.3 Å². The van der Waals surface area contributed by atoms with Crippen molar-refractivity contribution < 1.29 is 4.92 Å². The first-order chi connectivity index (χ1) is 6.25. The molecule has 0 spiro atoms. The van der Waals surface area contributed by atoms with E-state index in [4.69, 9.17) is 0 Å². The molecule has 0 amide bonds. The van der Waals surface area contributed by atoms with E-state index in [1.54, 1.807) is 12.1 Å². The third-order valence-electron chi connectivity index (χ3n) is 1.76. The Kier molecular flexibility index (Phi) is 3.20. The van der Waals surface area contributed by atoms with Crippen LogP contribution in [-0.4, -0.2) is 4.92 Å². The first kappa shape index (κ1) is 9.45. The molecule has 0 aromatic heterocycles. The van der Waals surface area contributed by atoms with Gasteiger partial charge in [0.25, 0.3) is 5.69 Å². The molecule has 0 aliphatic heterocycles. The van der Waals surface area contributed by atoms with Crippen molar-refractivity contribution in [3.05, 3.63) is 52.1 Å². The summed E-state index contributed by atoms with van der Waals surface area (Å²) in [7, 11) is 0. The molecule has 0 unspecified atom stereocenters. The zero-order chi connectivity index (χ0) is 9.68. The van der Waals surface area contributed by atoms with Crippen LogP contribution in [0.4, 0.5) is 5.69 Å². The molecule has 0 aliphatic carbocycles. The Morgan fingerprint density at radius 2 is 2.15 bits per heavy atom. The maximum absolute atomic E-state index is 10.6. The van der Waals surface area contributed by atoms with Crippen LogP contribution in [0.15, 0.2) is 36.4 Å². The first-order valence-corrected chi connectivity index (χ1v) is 4.09. The SMILES string of the molecule is CC=CCc1ccccc1[N+](=O)[O-]. The summed E-state index contributed by atoms with van der Waals surface area (Å²) in [6.07, 6.45) is 4.41. The maximum Gasteiger partial charge on any atom is 0.272 e. The molecule has 0 heterocycles. The van der Waals surface area contributed by atoms with E-state index in [-0.39, 0.29) is 10.6 Å². The highest BCUT2D eigenvalue weighted by molar-refractivity contribution is 5.40. The Balaban J connectivity index is 2.97. The van der Waals surface area contributed by atoms with Gasteiger partial charge in [-0.1, -0.05) is 30.4 Å². The smallest absolute Gasteiger partial charge is 0.258 e. The second-order valence-electron chi connectivity index (χ2n) is 2.66. The fourth-order valence-corrected chi connectivity index (χ4v) is 1.11. The number of nitrogens with zero attached hydrogens (tertiary/aromatic N) is 1. The lowest BCUT2D eigenvalue weighted by Gasteiger charge is -1.97. The van der Waals surface area contributed by atoms with E-state index in [1.807, 2.05) is 25.1 Å². The zero-order valence-electron chi connectivity index (χ0n) is 7.43. The molecule has 13 heavy (non-hydrogen) atoms. The molecule has 1 aromatic carbocycles. The molecule has 1 rings (SSSR count). The second-order valence-corrected chi connectivity index (χ2v) is 2.66. The van der Waals surface area contributed by atoms with Crippen LogP contribution < -0.4 is 0 Å². The Morgan fingerprint density at radius 1 is 1.46 bits per heavy atom. The van der Waals surface area contributed by atoms with Crippen LogP contribution in [0.3, 0.4) is 0 Å². The van der Waals surface area contributed by atoms with Crippen LogP contribution in [0.25, 0.3) is 0 Å². The zero-order valence-corrected chi connectivity index (χ0v) is 7.43. The number of allylic oxidation sites excluding steroid dienone is 2. The lowest BCUT2D eigenvalue weighted by Crippen LogP contribution is -1.93. The van der Waals surface area contributed by atoms with Gasteiger partial charge in [0, 0.05) is 11.6 Å². The second kappa shape index (κ2) is 4.40. The number of benzene rings is 1. The van der Waals surface area contributed by atoms with Crippen LogP contribution >= 0.6 is 0 Å². The van der Waals surface area contributed by atoms with Gasteiger partial charge in [0.15, 0.2) is 0 Å². The monoisotopic (exact) mass is 177 g/mol.